The van der Waals surface area contributed by atoms with E-state index in [-0.39, 0.29) is 29.5 Å². The van der Waals surface area contributed by atoms with Gasteiger partial charge in [0.05, 0.1) is 17.9 Å². The smallest absolute Gasteiger partial charge is 0.334 e. The second-order valence-electron chi connectivity index (χ2n) is 7.29. The second kappa shape index (κ2) is 8.49. The fourth-order valence-electron chi connectivity index (χ4n) is 3.16. The first-order chi connectivity index (χ1) is 13.7. The molecule has 0 spiro atoms. The summed E-state index contributed by atoms with van der Waals surface area (Å²) in [6.07, 6.45) is -3.63. The first-order valence-electron chi connectivity index (χ1n) is 8.90. The van der Waals surface area contributed by atoms with E-state index in [1.807, 2.05) is 0 Å². The number of unbranched alkanes of at least 4 members (excludes halogenated alkanes) is 2. The van der Waals surface area contributed by atoms with Crippen molar-refractivity contribution in [3.8, 4) is 0 Å². The lowest BCUT2D eigenvalue weighted by Crippen LogP contribution is -2.44. The summed E-state index contributed by atoms with van der Waals surface area (Å²) in [5, 5.41) is 0.0310. The van der Waals surface area contributed by atoms with Crippen LogP contribution in [-0.2, 0) is 21.1 Å². The first kappa shape index (κ1) is 24.0. The van der Waals surface area contributed by atoms with Crippen molar-refractivity contribution in [2.45, 2.75) is 44.8 Å². The molecule has 0 aliphatic carbocycles. The maximum Gasteiger partial charge on any atom is 0.407 e. The number of amides is 1. The van der Waals surface area contributed by atoms with Gasteiger partial charge < -0.3 is 4.90 Å². The molecule has 0 atom stereocenters. The van der Waals surface area contributed by atoms with E-state index in [2.05, 4.69) is 4.85 Å². The number of nitrogens with zero attached hydrogens (tertiary/aromatic N) is 3. The molecule has 0 saturated carbocycles. The highest BCUT2D eigenvalue weighted by Gasteiger charge is 2.49. The van der Waals surface area contributed by atoms with Gasteiger partial charge in [0.1, 0.15) is 5.54 Å². The monoisotopic (exact) mass is 463 g/mol. The number of hydrogen-bond acceptors (Lipinski definition) is 4. The van der Waals surface area contributed by atoms with E-state index in [9.17, 15) is 26.4 Å². The Morgan fingerprint density at radius 2 is 1.87 bits per heavy atom. The van der Waals surface area contributed by atoms with Crippen molar-refractivity contribution in [2.75, 3.05) is 17.2 Å². The summed E-state index contributed by atoms with van der Waals surface area (Å²) in [5.41, 5.74) is -2.91. The Labute approximate surface area is 178 Å². The lowest BCUT2D eigenvalue weighted by atomic mass is 10.0. The van der Waals surface area contributed by atoms with Crippen LogP contribution in [-0.4, -0.2) is 46.7 Å². The number of thiocarbonyl (C=S) groups is 1. The molecule has 1 aromatic carbocycles. The number of hydrogen-bond donors (Lipinski definition) is 1. The molecule has 7 nitrogen and oxygen atoms in total. The predicted octanol–water partition coefficient (Wildman–Crippen LogP) is 4.03. The maximum absolute atomic E-state index is 13.3. The Bertz CT molecular complexity index is 1000. The molecule has 164 valence electrons. The van der Waals surface area contributed by atoms with Gasteiger partial charge in [-0.25, -0.2) is 4.85 Å². The minimum Gasteiger partial charge on any atom is -0.334 e. The molecular weight excluding hydrogens is 443 g/mol. The number of alkyl halides is 3. The van der Waals surface area contributed by atoms with Crippen LogP contribution in [0.25, 0.3) is 4.85 Å². The number of halogens is 3. The zero-order chi connectivity index (χ0) is 22.9. The van der Waals surface area contributed by atoms with Crippen molar-refractivity contribution < 1.29 is 30.9 Å². The van der Waals surface area contributed by atoms with Gasteiger partial charge in [0.25, 0.3) is 16.0 Å². The van der Waals surface area contributed by atoms with Crippen LogP contribution < -0.4 is 4.90 Å². The molecule has 1 aromatic rings. The summed E-state index contributed by atoms with van der Waals surface area (Å²) in [6, 6.07) is 2.99. The number of benzene rings is 1. The van der Waals surface area contributed by atoms with E-state index in [1.54, 1.807) is 18.7 Å². The van der Waals surface area contributed by atoms with Crippen molar-refractivity contribution in [3.05, 3.63) is 35.2 Å². The lowest BCUT2D eigenvalue weighted by molar-refractivity contribution is -0.136. The van der Waals surface area contributed by atoms with Crippen LogP contribution in [0.3, 0.4) is 0 Å². The van der Waals surface area contributed by atoms with Crippen LogP contribution in [0.15, 0.2) is 18.2 Å². The molecule has 0 aromatic heterocycles. The maximum atomic E-state index is 13.3. The molecule has 30 heavy (non-hydrogen) atoms. The van der Waals surface area contributed by atoms with E-state index >= 15 is 0 Å². The molecule has 0 bridgehead atoms. The van der Waals surface area contributed by atoms with Crippen molar-refractivity contribution in [1.82, 2.24) is 4.90 Å². The normalized spacial score (nSPS) is 16.8. The molecule has 1 N–H and O–H groups in total. The molecular formula is C18H20F3N3O4S2. The number of anilines is 1. The average molecular weight is 464 g/mol. The third-order valence-electron chi connectivity index (χ3n) is 4.77. The number of carbonyl (C=O) groups excluding carboxylic acids is 1. The second-order valence-corrected chi connectivity index (χ2v) is 9.23. The Morgan fingerprint density at radius 3 is 2.40 bits per heavy atom. The zero-order valence-electron chi connectivity index (χ0n) is 16.2. The molecule has 0 radical (unpaired) electrons. The standard InChI is InChI=1S/C18H20F3N3O4S2/c1-17(2)15(25)24(12-7-8-14(22-3)13(11-12)18(19,20)21)16(29)23(17)9-5-4-6-10-30(26,27)28/h7-8,11H,4-6,9-10H2,1-2H3,(H,26,27,28). The van der Waals surface area contributed by atoms with E-state index in [1.165, 1.54) is 6.07 Å². The third kappa shape index (κ3) is 5.08. The van der Waals surface area contributed by atoms with E-state index < -0.39 is 39.0 Å². The van der Waals surface area contributed by atoms with Crippen molar-refractivity contribution >= 4 is 44.7 Å². The summed E-state index contributed by atoms with van der Waals surface area (Å²) < 4.78 is 70.2. The molecule has 2 rings (SSSR count). The molecule has 1 aliphatic heterocycles. The van der Waals surface area contributed by atoms with Gasteiger partial charge in [-0.1, -0.05) is 12.5 Å². The summed E-state index contributed by atoms with van der Waals surface area (Å²) >= 11 is 5.36. The average Bonchev–Trinajstić information content (AvgIpc) is 2.78. The molecule has 1 aliphatic rings. The summed E-state index contributed by atoms with van der Waals surface area (Å²) in [5.74, 6) is -0.881. The van der Waals surface area contributed by atoms with Crippen LogP contribution in [0, 0.1) is 6.57 Å². The highest BCUT2D eigenvalue weighted by atomic mass is 32.2. The molecule has 1 amide bonds. The van der Waals surface area contributed by atoms with E-state index in [0.29, 0.717) is 12.8 Å². The first-order valence-corrected chi connectivity index (χ1v) is 10.9. The summed E-state index contributed by atoms with van der Waals surface area (Å²) in [4.78, 5) is 18.4. The van der Waals surface area contributed by atoms with Crippen LogP contribution in [0.4, 0.5) is 24.5 Å². The van der Waals surface area contributed by atoms with E-state index in [0.717, 1.165) is 17.0 Å². The van der Waals surface area contributed by atoms with Gasteiger partial charge in [0.2, 0.25) is 0 Å². The molecule has 1 saturated heterocycles. The van der Waals surface area contributed by atoms with E-state index in [4.69, 9.17) is 23.3 Å². The van der Waals surface area contributed by atoms with Gasteiger partial charge in [0, 0.05) is 12.2 Å². The summed E-state index contributed by atoms with van der Waals surface area (Å²) in [7, 11) is -4.05. The van der Waals surface area contributed by atoms with Gasteiger partial charge in [-0.3, -0.25) is 14.2 Å². The highest BCUT2D eigenvalue weighted by Crippen LogP contribution is 2.40. The highest BCUT2D eigenvalue weighted by molar-refractivity contribution is 7.85. The minimum absolute atomic E-state index is 0.0310. The van der Waals surface area contributed by atoms with Gasteiger partial charge in [0.15, 0.2) is 10.8 Å². The molecule has 0 unspecified atom stereocenters. The van der Waals surface area contributed by atoms with Crippen molar-refractivity contribution in [2.24, 2.45) is 0 Å². The topological polar surface area (TPSA) is 82.3 Å². The van der Waals surface area contributed by atoms with Crippen LogP contribution in [0.2, 0.25) is 0 Å². The minimum atomic E-state index is -4.76. The van der Waals surface area contributed by atoms with Crippen LogP contribution >= 0.6 is 12.2 Å². The SMILES string of the molecule is [C-]#[N+]c1ccc(N2C(=O)C(C)(C)N(CCCCCS(=O)(=O)O)C2=S)cc1C(F)(F)F. The third-order valence-corrected chi connectivity index (χ3v) is 5.98. The predicted molar refractivity (Wildman–Crippen MR) is 109 cm³/mol. The largest absolute Gasteiger partial charge is 0.407 e. The van der Waals surface area contributed by atoms with Crippen LogP contribution in [0.5, 0.6) is 0 Å². The molecule has 12 heteroatoms. The Balaban J connectivity index is 2.24. The van der Waals surface area contributed by atoms with Gasteiger partial charge in [-0.05, 0) is 51.0 Å². The Hall–Kier alpha value is -2.23. The number of carbonyl (C=O) groups is 1. The van der Waals surface area contributed by atoms with Gasteiger partial charge in [-0.2, -0.15) is 21.6 Å². The fraction of sp³-hybridized carbons (Fsp3) is 0.500. The van der Waals surface area contributed by atoms with Gasteiger partial charge >= 0.3 is 6.18 Å². The summed E-state index contributed by atoms with van der Waals surface area (Å²) in [6.45, 7) is 10.4. The fourth-order valence-corrected chi connectivity index (χ4v) is 4.23. The quantitative estimate of drug-likeness (QED) is 0.285. The Morgan fingerprint density at radius 1 is 1.23 bits per heavy atom. The van der Waals surface area contributed by atoms with Gasteiger partial charge in [-0.15, -0.1) is 0 Å². The number of rotatable bonds is 7. The zero-order valence-corrected chi connectivity index (χ0v) is 17.9. The van der Waals surface area contributed by atoms with Crippen molar-refractivity contribution in [3.63, 3.8) is 0 Å². The van der Waals surface area contributed by atoms with Crippen LogP contribution in [0.1, 0.15) is 38.7 Å². The molecule has 1 fully saturated rings. The lowest BCUT2D eigenvalue weighted by Gasteiger charge is -2.29. The Kier molecular flexibility index (Phi) is 6.80. The molecule has 1 heterocycles. The van der Waals surface area contributed by atoms with Crippen molar-refractivity contribution in [1.29, 1.82) is 0 Å².